The molecule has 0 radical (unpaired) electrons. The van der Waals surface area contributed by atoms with Crippen LogP contribution in [0.2, 0.25) is 0 Å². The van der Waals surface area contributed by atoms with Crippen LogP contribution >= 0.6 is 0 Å². The van der Waals surface area contributed by atoms with Gasteiger partial charge in [0.2, 0.25) is 5.91 Å². The quantitative estimate of drug-likeness (QED) is 0.645. The zero-order valence-electron chi connectivity index (χ0n) is 12.2. The summed E-state index contributed by atoms with van der Waals surface area (Å²) in [5.41, 5.74) is 0.261. The summed E-state index contributed by atoms with van der Waals surface area (Å²) < 4.78 is 0. The molecule has 1 aliphatic heterocycles. The maximum absolute atomic E-state index is 12.6. The van der Waals surface area contributed by atoms with Crippen molar-refractivity contribution in [2.75, 3.05) is 18.4 Å². The molecule has 0 bridgehead atoms. The van der Waals surface area contributed by atoms with Crippen molar-refractivity contribution in [1.29, 1.82) is 0 Å². The number of hydrogen-bond acceptors (Lipinski definition) is 4. The van der Waals surface area contributed by atoms with Crippen molar-refractivity contribution in [2.24, 2.45) is 5.41 Å². The van der Waals surface area contributed by atoms with Crippen molar-refractivity contribution in [3.8, 4) is 0 Å². The van der Waals surface area contributed by atoms with Crippen LogP contribution in [0.4, 0.5) is 11.4 Å². The lowest BCUT2D eigenvalue weighted by atomic mass is 9.76. The maximum Gasteiger partial charge on any atom is 0.269 e. The number of nitrogens with zero attached hydrogens (tertiary/aromatic N) is 1. The van der Waals surface area contributed by atoms with Crippen LogP contribution in [0, 0.1) is 15.5 Å². The molecule has 1 unspecified atom stereocenters. The average Bonchev–Trinajstić information content (AvgIpc) is 2.49. The third-order valence-corrected chi connectivity index (χ3v) is 4.02. The Morgan fingerprint density at radius 1 is 1.43 bits per heavy atom. The first-order valence-electron chi connectivity index (χ1n) is 7.34. The van der Waals surface area contributed by atoms with Crippen LogP contribution in [0.25, 0.3) is 0 Å². The second-order valence-corrected chi connectivity index (χ2v) is 5.57. The van der Waals surface area contributed by atoms with E-state index in [4.69, 9.17) is 0 Å². The number of carbonyl (C=O) groups excluding carboxylic acids is 1. The third kappa shape index (κ3) is 3.58. The zero-order chi connectivity index (χ0) is 15.3. The molecule has 1 heterocycles. The van der Waals surface area contributed by atoms with Crippen LogP contribution in [-0.4, -0.2) is 23.9 Å². The highest BCUT2D eigenvalue weighted by Crippen LogP contribution is 2.33. The minimum atomic E-state index is -0.449. The predicted molar refractivity (Wildman–Crippen MR) is 81.2 cm³/mol. The molecule has 0 spiro atoms. The zero-order valence-corrected chi connectivity index (χ0v) is 12.2. The molecule has 0 saturated carbocycles. The first-order chi connectivity index (χ1) is 10.1. The van der Waals surface area contributed by atoms with Gasteiger partial charge in [0.1, 0.15) is 0 Å². The van der Waals surface area contributed by atoms with E-state index in [0.717, 1.165) is 32.2 Å². The topological polar surface area (TPSA) is 84.3 Å². The minimum absolute atomic E-state index is 0.00500. The summed E-state index contributed by atoms with van der Waals surface area (Å²) in [5, 5.41) is 16.8. The second-order valence-electron chi connectivity index (χ2n) is 5.57. The number of benzene rings is 1. The third-order valence-electron chi connectivity index (χ3n) is 4.02. The van der Waals surface area contributed by atoms with Gasteiger partial charge in [0, 0.05) is 24.4 Å². The Kier molecular flexibility index (Phi) is 4.90. The van der Waals surface area contributed by atoms with Gasteiger partial charge in [-0.15, -0.1) is 0 Å². The van der Waals surface area contributed by atoms with Crippen molar-refractivity contribution >= 4 is 17.3 Å². The summed E-state index contributed by atoms with van der Waals surface area (Å²) >= 11 is 0. The van der Waals surface area contributed by atoms with Crippen LogP contribution < -0.4 is 10.6 Å². The number of piperidine rings is 1. The number of amides is 1. The maximum atomic E-state index is 12.6. The highest BCUT2D eigenvalue weighted by atomic mass is 16.6. The fourth-order valence-corrected chi connectivity index (χ4v) is 2.90. The van der Waals surface area contributed by atoms with Gasteiger partial charge in [-0.25, -0.2) is 0 Å². The van der Waals surface area contributed by atoms with Gasteiger partial charge < -0.3 is 10.6 Å². The SMILES string of the molecule is CCCC1(C(=O)Nc2ccc([N+](=O)[O-])cc2)CCCNC1. The molecule has 1 aromatic carbocycles. The average molecular weight is 291 g/mol. The highest BCUT2D eigenvalue weighted by molar-refractivity contribution is 5.95. The van der Waals surface area contributed by atoms with Gasteiger partial charge in [-0.2, -0.15) is 0 Å². The lowest BCUT2D eigenvalue weighted by molar-refractivity contribution is -0.384. The van der Waals surface area contributed by atoms with E-state index in [1.807, 2.05) is 0 Å². The van der Waals surface area contributed by atoms with Crippen LogP contribution in [0.3, 0.4) is 0 Å². The van der Waals surface area contributed by atoms with Crippen molar-refractivity contribution in [3.63, 3.8) is 0 Å². The Bertz CT molecular complexity index is 502. The molecular formula is C15H21N3O3. The van der Waals surface area contributed by atoms with Gasteiger partial charge in [-0.05, 0) is 37.9 Å². The number of hydrogen-bond donors (Lipinski definition) is 2. The molecule has 1 saturated heterocycles. The van der Waals surface area contributed by atoms with E-state index in [1.54, 1.807) is 12.1 Å². The number of anilines is 1. The Morgan fingerprint density at radius 2 is 2.14 bits per heavy atom. The lowest BCUT2D eigenvalue weighted by Crippen LogP contribution is -2.48. The van der Waals surface area contributed by atoms with Crippen LogP contribution in [0.1, 0.15) is 32.6 Å². The number of carbonyl (C=O) groups is 1. The molecule has 21 heavy (non-hydrogen) atoms. The van der Waals surface area contributed by atoms with E-state index < -0.39 is 4.92 Å². The van der Waals surface area contributed by atoms with Gasteiger partial charge in [0.05, 0.1) is 10.3 Å². The van der Waals surface area contributed by atoms with E-state index >= 15 is 0 Å². The minimum Gasteiger partial charge on any atom is -0.326 e. The Labute approximate surface area is 124 Å². The Hall–Kier alpha value is -1.95. The van der Waals surface area contributed by atoms with Crippen LogP contribution in [-0.2, 0) is 4.79 Å². The fraction of sp³-hybridized carbons (Fsp3) is 0.533. The number of nitrogens with one attached hydrogen (secondary N) is 2. The van der Waals surface area contributed by atoms with Crippen molar-refractivity contribution in [3.05, 3.63) is 34.4 Å². The van der Waals surface area contributed by atoms with Crippen molar-refractivity contribution < 1.29 is 9.72 Å². The highest BCUT2D eigenvalue weighted by Gasteiger charge is 2.38. The van der Waals surface area contributed by atoms with Crippen molar-refractivity contribution in [1.82, 2.24) is 5.32 Å². The van der Waals surface area contributed by atoms with E-state index in [0.29, 0.717) is 12.2 Å². The molecule has 0 aliphatic carbocycles. The molecule has 1 amide bonds. The molecule has 6 nitrogen and oxygen atoms in total. The predicted octanol–water partition coefficient (Wildman–Crippen LogP) is 2.70. The summed E-state index contributed by atoms with van der Waals surface area (Å²) in [6.45, 7) is 3.73. The standard InChI is InChI=1S/C15H21N3O3/c1-2-8-15(9-3-10-16-11-15)14(19)17-12-4-6-13(7-5-12)18(20)21/h4-7,16H,2-3,8-11H2,1H3,(H,17,19). The molecule has 1 aliphatic rings. The van der Waals surface area contributed by atoms with Gasteiger partial charge in [-0.3, -0.25) is 14.9 Å². The van der Waals surface area contributed by atoms with Gasteiger partial charge in [-0.1, -0.05) is 13.3 Å². The normalized spacial score (nSPS) is 21.8. The summed E-state index contributed by atoms with van der Waals surface area (Å²) in [6.07, 6.45) is 3.68. The lowest BCUT2D eigenvalue weighted by Gasteiger charge is -2.36. The summed E-state index contributed by atoms with van der Waals surface area (Å²) in [5.74, 6) is 0.00500. The Morgan fingerprint density at radius 3 is 2.67 bits per heavy atom. The number of nitro benzene ring substituents is 1. The molecule has 1 atom stereocenters. The van der Waals surface area contributed by atoms with Crippen molar-refractivity contribution in [2.45, 2.75) is 32.6 Å². The largest absolute Gasteiger partial charge is 0.326 e. The van der Waals surface area contributed by atoms with Gasteiger partial charge in [0.25, 0.3) is 5.69 Å². The number of rotatable bonds is 5. The van der Waals surface area contributed by atoms with Gasteiger partial charge in [0.15, 0.2) is 0 Å². The summed E-state index contributed by atoms with van der Waals surface area (Å²) in [7, 11) is 0. The Balaban J connectivity index is 2.09. The molecular weight excluding hydrogens is 270 g/mol. The summed E-state index contributed by atoms with van der Waals surface area (Å²) in [6, 6.07) is 5.96. The van der Waals surface area contributed by atoms with Gasteiger partial charge >= 0.3 is 0 Å². The van der Waals surface area contributed by atoms with E-state index in [-0.39, 0.29) is 17.0 Å². The van der Waals surface area contributed by atoms with Crippen LogP contribution in [0.15, 0.2) is 24.3 Å². The smallest absolute Gasteiger partial charge is 0.269 e. The first-order valence-corrected chi connectivity index (χ1v) is 7.34. The molecule has 1 aromatic rings. The molecule has 2 rings (SSSR count). The van der Waals surface area contributed by atoms with E-state index in [1.165, 1.54) is 12.1 Å². The van der Waals surface area contributed by atoms with E-state index in [9.17, 15) is 14.9 Å². The molecule has 114 valence electrons. The first kappa shape index (κ1) is 15.4. The summed E-state index contributed by atoms with van der Waals surface area (Å²) in [4.78, 5) is 22.8. The number of non-ortho nitro benzene ring substituents is 1. The monoisotopic (exact) mass is 291 g/mol. The van der Waals surface area contributed by atoms with E-state index in [2.05, 4.69) is 17.6 Å². The molecule has 2 N–H and O–H groups in total. The second kappa shape index (κ2) is 6.67. The molecule has 6 heteroatoms. The molecule has 1 fully saturated rings. The van der Waals surface area contributed by atoms with Crippen LogP contribution in [0.5, 0.6) is 0 Å². The number of nitro groups is 1. The fourth-order valence-electron chi connectivity index (χ4n) is 2.90. The molecule has 0 aromatic heterocycles.